The van der Waals surface area contributed by atoms with Crippen LogP contribution in [-0.2, 0) is 12.1 Å². The Morgan fingerprint density at radius 3 is 2.63 bits per heavy atom. The van der Waals surface area contributed by atoms with E-state index in [1.807, 2.05) is 26.0 Å². The van der Waals surface area contributed by atoms with Crippen LogP contribution in [0.2, 0.25) is 5.02 Å². The SMILES string of the molecule is Cc1cc(Cl)c2c(c1)c(C)nn2[C@H](C)[C@](O)(Cn1cncn1)c1ccc(F)cc1F. The van der Waals surface area contributed by atoms with Crippen LogP contribution in [0.1, 0.15) is 29.8 Å². The zero-order valence-corrected chi connectivity index (χ0v) is 17.4. The number of hydrogen-bond acceptors (Lipinski definition) is 4. The van der Waals surface area contributed by atoms with E-state index >= 15 is 0 Å². The van der Waals surface area contributed by atoms with E-state index in [1.54, 1.807) is 11.6 Å². The van der Waals surface area contributed by atoms with E-state index in [0.717, 1.165) is 28.8 Å². The maximum Gasteiger partial charge on any atom is 0.137 e. The quantitative estimate of drug-likeness (QED) is 0.510. The van der Waals surface area contributed by atoms with Gasteiger partial charge in [-0.2, -0.15) is 10.2 Å². The van der Waals surface area contributed by atoms with Gasteiger partial charge in [-0.1, -0.05) is 17.7 Å². The van der Waals surface area contributed by atoms with Crippen molar-refractivity contribution >= 4 is 22.5 Å². The second kappa shape index (κ2) is 7.45. The largest absolute Gasteiger partial charge is 0.381 e. The van der Waals surface area contributed by atoms with Crippen molar-refractivity contribution in [1.82, 2.24) is 24.5 Å². The van der Waals surface area contributed by atoms with Crippen molar-refractivity contribution in [3.63, 3.8) is 0 Å². The lowest BCUT2D eigenvalue weighted by Gasteiger charge is -2.35. The van der Waals surface area contributed by atoms with Crippen LogP contribution in [0, 0.1) is 25.5 Å². The Morgan fingerprint density at radius 2 is 1.97 bits per heavy atom. The molecule has 0 radical (unpaired) electrons. The van der Waals surface area contributed by atoms with Crippen LogP contribution < -0.4 is 0 Å². The topological polar surface area (TPSA) is 68.8 Å². The average molecular weight is 432 g/mol. The van der Waals surface area contributed by atoms with Crippen molar-refractivity contribution < 1.29 is 13.9 Å². The summed E-state index contributed by atoms with van der Waals surface area (Å²) in [5.41, 5.74) is 0.434. The van der Waals surface area contributed by atoms with Crippen LogP contribution in [0.4, 0.5) is 8.78 Å². The Hall–Kier alpha value is -2.84. The van der Waals surface area contributed by atoms with E-state index in [0.29, 0.717) is 10.5 Å². The van der Waals surface area contributed by atoms with E-state index in [9.17, 15) is 13.9 Å². The molecular formula is C21H20ClF2N5O. The molecule has 0 aliphatic heterocycles. The smallest absolute Gasteiger partial charge is 0.137 e. The van der Waals surface area contributed by atoms with Crippen LogP contribution in [0.5, 0.6) is 0 Å². The van der Waals surface area contributed by atoms with Gasteiger partial charge in [0.2, 0.25) is 0 Å². The summed E-state index contributed by atoms with van der Waals surface area (Å²) < 4.78 is 31.3. The van der Waals surface area contributed by atoms with E-state index in [1.165, 1.54) is 23.4 Å². The number of benzene rings is 2. The summed E-state index contributed by atoms with van der Waals surface area (Å²) >= 11 is 6.52. The number of aliphatic hydroxyl groups is 1. The lowest BCUT2D eigenvalue weighted by atomic mass is 9.86. The van der Waals surface area contributed by atoms with Gasteiger partial charge in [0, 0.05) is 17.0 Å². The summed E-state index contributed by atoms with van der Waals surface area (Å²) in [5.74, 6) is -1.59. The number of aryl methyl sites for hydroxylation is 2. The van der Waals surface area contributed by atoms with Crippen LogP contribution >= 0.6 is 11.6 Å². The molecule has 0 bridgehead atoms. The molecule has 0 aliphatic carbocycles. The first kappa shape index (κ1) is 20.4. The van der Waals surface area contributed by atoms with Gasteiger partial charge >= 0.3 is 0 Å². The summed E-state index contributed by atoms with van der Waals surface area (Å²) in [4.78, 5) is 3.89. The van der Waals surface area contributed by atoms with E-state index in [-0.39, 0.29) is 12.1 Å². The minimum absolute atomic E-state index is 0.0727. The molecule has 2 aromatic heterocycles. The summed E-state index contributed by atoms with van der Waals surface area (Å²) in [6.07, 6.45) is 2.74. The van der Waals surface area contributed by atoms with Gasteiger partial charge in [-0.3, -0.25) is 4.68 Å². The fourth-order valence-corrected chi connectivity index (χ4v) is 4.20. The maximum absolute atomic E-state index is 14.8. The second-order valence-corrected chi connectivity index (χ2v) is 7.90. The summed E-state index contributed by atoms with van der Waals surface area (Å²) in [7, 11) is 0. The Bertz CT molecular complexity index is 1220. The van der Waals surface area contributed by atoms with Gasteiger partial charge in [0.1, 0.15) is 29.9 Å². The highest BCUT2D eigenvalue weighted by molar-refractivity contribution is 6.35. The first-order valence-electron chi connectivity index (χ1n) is 9.36. The van der Waals surface area contributed by atoms with Gasteiger partial charge in [-0.25, -0.2) is 18.4 Å². The number of nitrogens with zero attached hydrogens (tertiary/aromatic N) is 5. The molecule has 0 saturated heterocycles. The molecule has 2 atom stereocenters. The highest BCUT2D eigenvalue weighted by Gasteiger charge is 2.41. The zero-order chi connectivity index (χ0) is 21.6. The molecule has 156 valence electrons. The lowest BCUT2D eigenvalue weighted by molar-refractivity contribution is -0.0355. The van der Waals surface area contributed by atoms with Gasteiger partial charge in [0.25, 0.3) is 0 Å². The third-order valence-corrected chi connectivity index (χ3v) is 5.70. The van der Waals surface area contributed by atoms with E-state index in [2.05, 4.69) is 15.2 Å². The molecule has 2 heterocycles. The Labute approximate surface area is 176 Å². The third-order valence-electron chi connectivity index (χ3n) is 5.41. The van der Waals surface area contributed by atoms with Gasteiger partial charge in [-0.15, -0.1) is 0 Å². The molecule has 6 nitrogen and oxygen atoms in total. The fourth-order valence-electron chi connectivity index (χ4n) is 3.84. The molecule has 9 heteroatoms. The molecule has 4 rings (SSSR count). The van der Waals surface area contributed by atoms with Crippen molar-refractivity contribution in [1.29, 1.82) is 0 Å². The molecule has 0 fully saturated rings. The van der Waals surface area contributed by atoms with E-state index in [4.69, 9.17) is 11.6 Å². The van der Waals surface area contributed by atoms with Crippen LogP contribution in [0.3, 0.4) is 0 Å². The normalized spacial score (nSPS) is 14.8. The number of aromatic nitrogens is 5. The van der Waals surface area contributed by atoms with E-state index < -0.39 is 23.3 Å². The molecule has 0 aliphatic rings. The standard InChI is InChI=1S/C21H20ClF2N5O/c1-12-6-16-13(2)27-29(20(16)18(22)7-12)14(3)21(30,9-28-11-25-10-26-28)17-5-4-15(23)8-19(17)24/h4-8,10-11,14,30H,9H2,1-3H3/t14-,21-/m1/s1. The highest BCUT2D eigenvalue weighted by Crippen LogP contribution is 2.39. The van der Waals surface area contributed by atoms with Gasteiger partial charge < -0.3 is 5.11 Å². The molecule has 1 N–H and O–H groups in total. The number of fused-ring (bicyclic) bond motifs is 1. The molecular weight excluding hydrogens is 412 g/mol. The minimum atomic E-state index is -1.83. The van der Waals surface area contributed by atoms with Crippen LogP contribution in [0.15, 0.2) is 43.0 Å². The molecule has 30 heavy (non-hydrogen) atoms. The molecule has 0 spiro atoms. The lowest BCUT2D eigenvalue weighted by Crippen LogP contribution is -2.41. The maximum atomic E-state index is 14.8. The Kier molecular flexibility index (Phi) is 5.07. The van der Waals surface area contributed by atoms with Gasteiger partial charge in [0.05, 0.1) is 28.8 Å². The zero-order valence-electron chi connectivity index (χ0n) is 16.6. The molecule has 2 aromatic carbocycles. The first-order chi connectivity index (χ1) is 14.2. The van der Waals surface area contributed by atoms with Crippen molar-refractivity contribution in [3.05, 3.63) is 76.5 Å². The predicted octanol–water partition coefficient (Wildman–Crippen LogP) is 4.33. The predicted molar refractivity (Wildman–Crippen MR) is 109 cm³/mol. The second-order valence-electron chi connectivity index (χ2n) is 7.49. The average Bonchev–Trinajstić information content (AvgIpc) is 3.29. The highest BCUT2D eigenvalue weighted by atomic mass is 35.5. The van der Waals surface area contributed by atoms with Crippen molar-refractivity contribution in [2.45, 2.75) is 39.0 Å². The van der Waals surface area contributed by atoms with Crippen LogP contribution in [0.25, 0.3) is 10.9 Å². The van der Waals surface area contributed by atoms with Gasteiger partial charge in [0.15, 0.2) is 0 Å². The van der Waals surface area contributed by atoms with Crippen molar-refractivity contribution in [3.8, 4) is 0 Å². The third kappa shape index (κ3) is 3.36. The van der Waals surface area contributed by atoms with Crippen LogP contribution in [-0.4, -0.2) is 29.7 Å². The molecule has 4 aromatic rings. The number of hydrogen-bond donors (Lipinski definition) is 1. The number of rotatable bonds is 5. The monoisotopic (exact) mass is 431 g/mol. The number of halogens is 3. The first-order valence-corrected chi connectivity index (χ1v) is 9.74. The fraction of sp³-hybridized carbons (Fsp3) is 0.286. The molecule has 0 unspecified atom stereocenters. The van der Waals surface area contributed by atoms with Crippen molar-refractivity contribution in [2.24, 2.45) is 0 Å². The van der Waals surface area contributed by atoms with Gasteiger partial charge in [-0.05, 0) is 44.5 Å². The summed E-state index contributed by atoms with van der Waals surface area (Å²) in [6.45, 7) is 5.36. The molecule has 0 saturated carbocycles. The summed E-state index contributed by atoms with van der Waals surface area (Å²) in [5, 5.41) is 21.8. The van der Waals surface area contributed by atoms with Crippen molar-refractivity contribution in [2.75, 3.05) is 0 Å². The Morgan fingerprint density at radius 1 is 1.20 bits per heavy atom. The Balaban J connectivity index is 1.93. The molecule has 0 amide bonds. The minimum Gasteiger partial charge on any atom is -0.381 e. The summed E-state index contributed by atoms with van der Waals surface area (Å²) in [6, 6.07) is 6.09.